The minimum atomic E-state index is -0.540. The maximum Gasteiger partial charge on any atom is 0.306 e. The van der Waals surface area contributed by atoms with Crippen LogP contribution >= 0.6 is 0 Å². The van der Waals surface area contributed by atoms with Gasteiger partial charge in [0.25, 0.3) is 0 Å². The van der Waals surface area contributed by atoms with E-state index in [2.05, 4.69) is 57.2 Å². The second-order valence-corrected chi connectivity index (χ2v) is 19.9. The van der Waals surface area contributed by atoms with Gasteiger partial charge in [0.05, 0.1) is 6.61 Å². The van der Waals surface area contributed by atoms with Gasteiger partial charge in [0.2, 0.25) is 0 Å². The zero-order valence-corrected chi connectivity index (χ0v) is 44.7. The van der Waals surface area contributed by atoms with Crippen molar-refractivity contribution in [2.24, 2.45) is 0 Å². The third kappa shape index (κ3) is 54.7. The topological polar surface area (TPSA) is 61.8 Å². The van der Waals surface area contributed by atoms with Crippen LogP contribution in [-0.2, 0) is 23.8 Å². The molecule has 0 aromatic heterocycles. The Morgan fingerprint density at radius 1 is 0.333 bits per heavy atom. The number of allylic oxidation sites excluding steroid dienone is 6. The molecule has 0 aromatic carbocycles. The standard InChI is InChI=1S/C61H114O5/c1-4-7-10-13-16-19-22-25-28-30-31-33-34-36-39-42-45-48-51-54-60(62)65-58-59(57-64-56-53-50-47-44-41-38-27-24-21-18-15-12-9-6-3)66-61(63)55-52-49-46-43-40-37-35-32-29-26-23-20-17-14-11-8-5-2/h12,15,21,24,26,29,59H,4-11,13-14,16-20,22-23,25,27-28,30-58H2,1-3H3/b15-12-,24-21-,29-26-. The molecule has 0 amide bonds. The van der Waals surface area contributed by atoms with E-state index in [1.54, 1.807) is 0 Å². The summed E-state index contributed by atoms with van der Waals surface area (Å²) in [7, 11) is 0. The van der Waals surface area contributed by atoms with Crippen LogP contribution < -0.4 is 0 Å². The number of hydrogen-bond acceptors (Lipinski definition) is 5. The predicted octanol–water partition coefficient (Wildman–Crippen LogP) is 20.1. The minimum absolute atomic E-state index is 0.0847. The van der Waals surface area contributed by atoms with E-state index < -0.39 is 6.10 Å². The van der Waals surface area contributed by atoms with Gasteiger partial charge < -0.3 is 14.2 Å². The van der Waals surface area contributed by atoms with Gasteiger partial charge in [0.15, 0.2) is 6.10 Å². The molecule has 0 fully saturated rings. The van der Waals surface area contributed by atoms with Crippen LogP contribution in [0.4, 0.5) is 0 Å². The number of esters is 2. The number of carbonyl (C=O) groups excluding carboxylic acids is 2. The molecule has 0 bridgehead atoms. The van der Waals surface area contributed by atoms with E-state index in [1.807, 2.05) is 0 Å². The molecule has 5 heteroatoms. The van der Waals surface area contributed by atoms with E-state index in [0.717, 1.165) is 44.9 Å². The maximum absolute atomic E-state index is 12.9. The number of unbranched alkanes of at least 4 members (excludes halogenated alkanes) is 38. The predicted molar refractivity (Wildman–Crippen MR) is 288 cm³/mol. The fraction of sp³-hybridized carbons (Fsp3) is 0.869. The van der Waals surface area contributed by atoms with E-state index in [1.165, 1.54) is 238 Å². The van der Waals surface area contributed by atoms with Crippen LogP contribution in [0.5, 0.6) is 0 Å². The van der Waals surface area contributed by atoms with Gasteiger partial charge in [-0.2, -0.15) is 0 Å². The number of hydrogen-bond donors (Lipinski definition) is 0. The van der Waals surface area contributed by atoms with Crippen molar-refractivity contribution in [3.8, 4) is 0 Å². The van der Waals surface area contributed by atoms with Gasteiger partial charge in [-0.05, 0) is 70.6 Å². The Labute approximate surface area is 412 Å². The average Bonchev–Trinajstić information content (AvgIpc) is 3.32. The molecule has 0 radical (unpaired) electrons. The number of ether oxygens (including phenoxy) is 3. The lowest BCUT2D eigenvalue weighted by atomic mass is 10.0. The van der Waals surface area contributed by atoms with Crippen molar-refractivity contribution in [1.29, 1.82) is 0 Å². The molecular weight excluding hydrogens is 813 g/mol. The molecule has 0 aliphatic rings. The normalized spacial score (nSPS) is 12.3. The highest BCUT2D eigenvalue weighted by Crippen LogP contribution is 2.17. The second kappa shape index (κ2) is 57.4. The van der Waals surface area contributed by atoms with Gasteiger partial charge in [-0.1, -0.05) is 269 Å². The van der Waals surface area contributed by atoms with Gasteiger partial charge in [-0.3, -0.25) is 9.59 Å². The lowest BCUT2D eigenvalue weighted by Crippen LogP contribution is -2.30. The van der Waals surface area contributed by atoms with E-state index in [9.17, 15) is 9.59 Å². The molecule has 0 saturated carbocycles. The summed E-state index contributed by atoms with van der Waals surface area (Å²) in [6, 6.07) is 0. The van der Waals surface area contributed by atoms with Crippen LogP contribution in [0.15, 0.2) is 36.5 Å². The first kappa shape index (κ1) is 64.1. The van der Waals surface area contributed by atoms with Crippen LogP contribution in [0.1, 0.15) is 316 Å². The Kier molecular flexibility index (Phi) is 55.8. The third-order valence-electron chi connectivity index (χ3n) is 13.1. The molecule has 0 spiro atoms. The average molecular weight is 928 g/mol. The molecule has 0 aliphatic carbocycles. The van der Waals surface area contributed by atoms with Crippen LogP contribution in [0, 0.1) is 0 Å². The lowest BCUT2D eigenvalue weighted by molar-refractivity contribution is -0.163. The van der Waals surface area contributed by atoms with Gasteiger partial charge >= 0.3 is 11.9 Å². The van der Waals surface area contributed by atoms with Crippen molar-refractivity contribution >= 4 is 11.9 Å². The largest absolute Gasteiger partial charge is 0.462 e. The smallest absolute Gasteiger partial charge is 0.306 e. The summed E-state index contributed by atoms with van der Waals surface area (Å²) in [5, 5.41) is 0. The van der Waals surface area contributed by atoms with Crippen molar-refractivity contribution in [2.75, 3.05) is 19.8 Å². The van der Waals surface area contributed by atoms with Gasteiger partial charge in [0.1, 0.15) is 6.61 Å². The third-order valence-corrected chi connectivity index (χ3v) is 13.1. The fourth-order valence-corrected chi connectivity index (χ4v) is 8.72. The van der Waals surface area contributed by atoms with E-state index in [0.29, 0.717) is 19.4 Å². The molecule has 0 N–H and O–H groups in total. The summed E-state index contributed by atoms with van der Waals surface area (Å²) in [5.74, 6) is -0.388. The number of rotatable bonds is 55. The summed E-state index contributed by atoms with van der Waals surface area (Å²) in [5.41, 5.74) is 0. The Morgan fingerprint density at radius 2 is 0.667 bits per heavy atom. The quantitative estimate of drug-likeness (QED) is 0.0345. The highest BCUT2D eigenvalue weighted by molar-refractivity contribution is 5.70. The van der Waals surface area contributed by atoms with Crippen LogP contribution in [0.2, 0.25) is 0 Å². The summed E-state index contributed by atoms with van der Waals surface area (Å²) < 4.78 is 17.5. The SMILES string of the molecule is CCC/C=C\C/C=C\CCCCCCCCOCC(COC(=O)CCCCCCCCCCCCCCCCCCCCC)OC(=O)CCCCCCCCC/C=C\CCCCCCCC. The summed E-state index contributed by atoms with van der Waals surface area (Å²) in [4.78, 5) is 25.5. The fourth-order valence-electron chi connectivity index (χ4n) is 8.72. The molecule has 1 unspecified atom stereocenters. The lowest BCUT2D eigenvalue weighted by Gasteiger charge is -2.18. The van der Waals surface area contributed by atoms with Crippen molar-refractivity contribution in [2.45, 2.75) is 322 Å². The molecule has 388 valence electrons. The highest BCUT2D eigenvalue weighted by Gasteiger charge is 2.17. The first-order valence-corrected chi connectivity index (χ1v) is 29.5. The Hall–Kier alpha value is -1.88. The first-order valence-electron chi connectivity index (χ1n) is 29.5. The zero-order chi connectivity index (χ0) is 47.7. The highest BCUT2D eigenvalue weighted by atomic mass is 16.6. The van der Waals surface area contributed by atoms with Gasteiger partial charge in [0, 0.05) is 19.4 Å². The summed E-state index contributed by atoms with van der Waals surface area (Å²) in [6.45, 7) is 7.80. The first-order chi connectivity index (χ1) is 32.6. The van der Waals surface area contributed by atoms with Crippen molar-refractivity contribution in [3.63, 3.8) is 0 Å². The second-order valence-electron chi connectivity index (χ2n) is 19.9. The summed E-state index contributed by atoms with van der Waals surface area (Å²) >= 11 is 0. The summed E-state index contributed by atoms with van der Waals surface area (Å²) in [6.07, 6.45) is 70.2. The molecule has 0 aromatic rings. The Bertz CT molecular complexity index is 1050. The molecular formula is C61H114O5. The van der Waals surface area contributed by atoms with Crippen molar-refractivity contribution in [1.82, 2.24) is 0 Å². The molecule has 0 heterocycles. The zero-order valence-electron chi connectivity index (χ0n) is 44.7. The molecule has 5 nitrogen and oxygen atoms in total. The van der Waals surface area contributed by atoms with E-state index in [-0.39, 0.29) is 25.2 Å². The van der Waals surface area contributed by atoms with Gasteiger partial charge in [-0.25, -0.2) is 0 Å². The van der Waals surface area contributed by atoms with Crippen LogP contribution in [0.25, 0.3) is 0 Å². The molecule has 0 aliphatic heterocycles. The van der Waals surface area contributed by atoms with E-state index in [4.69, 9.17) is 14.2 Å². The van der Waals surface area contributed by atoms with Crippen LogP contribution in [0.3, 0.4) is 0 Å². The number of carbonyl (C=O) groups is 2. The van der Waals surface area contributed by atoms with E-state index >= 15 is 0 Å². The van der Waals surface area contributed by atoms with Crippen molar-refractivity contribution < 1.29 is 23.8 Å². The monoisotopic (exact) mass is 927 g/mol. The molecule has 0 rings (SSSR count). The van der Waals surface area contributed by atoms with Gasteiger partial charge in [-0.15, -0.1) is 0 Å². The molecule has 1 atom stereocenters. The molecule has 66 heavy (non-hydrogen) atoms. The van der Waals surface area contributed by atoms with Crippen molar-refractivity contribution in [3.05, 3.63) is 36.5 Å². The Morgan fingerprint density at radius 3 is 1.08 bits per heavy atom. The molecule has 0 saturated heterocycles. The minimum Gasteiger partial charge on any atom is -0.462 e. The van der Waals surface area contributed by atoms with Crippen LogP contribution in [-0.4, -0.2) is 37.9 Å². The maximum atomic E-state index is 12.9. The Balaban J connectivity index is 4.22.